The number of aliphatic hydroxyl groups excluding tert-OH is 1. The Balaban J connectivity index is 1.99. The van der Waals surface area contributed by atoms with Crippen molar-refractivity contribution >= 4 is 5.91 Å². The van der Waals surface area contributed by atoms with E-state index in [1.54, 1.807) is 0 Å². The molecule has 0 aromatic rings. The molecule has 0 aliphatic carbocycles. The minimum atomic E-state index is -0.612. The van der Waals surface area contributed by atoms with Crippen LogP contribution < -0.4 is 10.6 Å². The second-order valence-electron chi connectivity index (χ2n) is 6.26. The summed E-state index contributed by atoms with van der Waals surface area (Å²) in [6.45, 7) is 7.91. The fourth-order valence-electron chi connectivity index (χ4n) is 1.98. The Kier molecular flexibility index (Phi) is 7.43. The SMILES string of the molecule is CC(C)(C)NC(=O)CNCC(O)COCC1CCCO1. The quantitative estimate of drug-likeness (QED) is 0.588. The average molecular weight is 288 g/mol. The number of amides is 1. The molecule has 0 saturated carbocycles. The number of hydrogen-bond acceptors (Lipinski definition) is 5. The van der Waals surface area contributed by atoms with Crippen LogP contribution in [0.5, 0.6) is 0 Å². The van der Waals surface area contributed by atoms with E-state index < -0.39 is 6.10 Å². The van der Waals surface area contributed by atoms with Crippen molar-refractivity contribution in [2.45, 2.75) is 51.4 Å². The van der Waals surface area contributed by atoms with Gasteiger partial charge in [0.1, 0.15) is 0 Å². The maximum absolute atomic E-state index is 11.5. The van der Waals surface area contributed by atoms with Crippen molar-refractivity contribution in [3.05, 3.63) is 0 Å². The second kappa shape index (κ2) is 8.56. The number of carbonyl (C=O) groups is 1. The van der Waals surface area contributed by atoms with E-state index in [0.717, 1.165) is 19.4 Å². The van der Waals surface area contributed by atoms with Crippen molar-refractivity contribution in [1.82, 2.24) is 10.6 Å². The van der Waals surface area contributed by atoms with Gasteiger partial charge in [-0.2, -0.15) is 0 Å². The van der Waals surface area contributed by atoms with Gasteiger partial charge in [0, 0.05) is 18.7 Å². The summed E-state index contributed by atoms with van der Waals surface area (Å²) in [5.74, 6) is -0.0787. The monoisotopic (exact) mass is 288 g/mol. The first-order valence-electron chi connectivity index (χ1n) is 7.26. The molecule has 1 saturated heterocycles. The molecule has 1 aliphatic rings. The second-order valence-corrected chi connectivity index (χ2v) is 6.26. The highest BCUT2D eigenvalue weighted by Gasteiger charge is 2.16. The molecule has 20 heavy (non-hydrogen) atoms. The largest absolute Gasteiger partial charge is 0.389 e. The van der Waals surface area contributed by atoms with Gasteiger partial charge in [-0.05, 0) is 33.6 Å². The minimum Gasteiger partial charge on any atom is -0.389 e. The van der Waals surface area contributed by atoms with Crippen molar-refractivity contribution in [2.24, 2.45) is 0 Å². The van der Waals surface area contributed by atoms with Gasteiger partial charge < -0.3 is 25.2 Å². The smallest absolute Gasteiger partial charge is 0.234 e. The van der Waals surface area contributed by atoms with Crippen LogP contribution in [0.3, 0.4) is 0 Å². The first-order valence-corrected chi connectivity index (χ1v) is 7.26. The Morgan fingerprint density at radius 1 is 1.50 bits per heavy atom. The van der Waals surface area contributed by atoms with E-state index in [1.165, 1.54) is 0 Å². The third kappa shape index (κ3) is 8.47. The van der Waals surface area contributed by atoms with E-state index in [-0.39, 0.29) is 30.7 Å². The minimum absolute atomic E-state index is 0.0787. The van der Waals surface area contributed by atoms with Gasteiger partial charge in [-0.15, -0.1) is 0 Å². The van der Waals surface area contributed by atoms with E-state index in [9.17, 15) is 9.90 Å². The van der Waals surface area contributed by atoms with Gasteiger partial charge in [-0.3, -0.25) is 4.79 Å². The molecule has 2 unspecified atom stereocenters. The predicted octanol–water partition coefficient (Wildman–Crippen LogP) is 0.0472. The lowest BCUT2D eigenvalue weighted by Gasteiger charge is -2.21. The molecule has 1 amide bonds. The topological polar surface area (TPSA) is 79.8 Å². The molecule has 6 nitrogen and oxygen atoms in total. The summed E-state index contributed by atoms with van der Waals surface area (Å²) in [4.78, 5) is 11.5. The van der Waals surface area contributed by atoms with Gasteiger partial charge in [0.15, 0.2) is 0 Å². The molecule has 6 heteroatoms. The van der Waals surface area contributed by atoms with Gasteiger partial charge in [0.05, 0.1) is 32.0 Å². The van der Waals surface area contributed by atoms with E-state index >= 15 is 0 Å². The highest BCUT2D eigenvalue weighted by Crippen LogP contribution is 2.11. The summed E-state index contributed by atoms with van der Waals surface area (Å²) in [6.07, 6.45) is 1.68. The summed E-state index contributed by atoms with van der Waals surface area (Å²) < 4.78 is 10.8. The number of aliphatic hydroxyl groups is 1. The van der Waals surface area contributed by atoms with Crippen molar-refractivity contribution < 1.29 is 19.4 Å². The number of nitrogens with one attached hydrogen (secondary N) is 2. The molecule has 0 bridgehead atoms. The highest BCUT2D eigenvalue weighted by molar-refractivity contribution is 5.78. The summed E-state index contributed by atoms with van der Waals surface area (Å²) >= 11 is 0. The van der Waals surface area contributed by atoms with Crippen LogP contribution in [-0.4, -0.2) is 61.7 Å². The highest BCUT2D eigenvalue weighted by atomic mass is 16.5. The van der Waals surface area contributed by atoms with Crippen molar-refractivity contribution in [3.8, 4) is 0 Å². The molecule has 3 N–H and O–H groups in total. The molecule has 0 spiro atoms. The fourth-order valence-corrected chi connectivity index (χ4v) is 1.98. The van der Waals surface area contributed by atoms with Crippen LogP contribution in [0, 0.1) is 0 Å². The van der Waals surface area contributed by atoms with Crippen LogP contribution in [0.25, 0.3) is 0 Å². The van der Waals surface area contributed by atoms with Gasteiger partial charge in [0.2, 0.25) is 5.91 Å². The maximum Gasteiger partial charge on any atom is 0.234 e. The van der Waals surface area contributed by atoms with Crippen molar-refractivity contribution in [2.75, 3.05) is 32.9 Å². The molecule has 1 rings (SSSR count). The average Bonchev–Trinajstić information content (AvgIpc) is 2.79. The number of rotatable bonds is 8. The third-order valence-electron chi connectivity index (χ3n) is 2.82. The molecule has 0 aromatic carbocycles. The van der Waals surface area contributed by atoms with Gasteiger partial charge in [0.25, 0.3) is 0 Å². The standard InChI is InChI=1S/C14H28N2O4/c1-14(2,3)16-13(18)8-15-7-11(17)9-19-10-12-5-4-6-20-12/h11-12,15,17H,4-10H2,1-3H3,(H,16,18). The van der Waals surface area contributed by atoms with Gasteiger partial charge in [-0.1, -0.05) is 0 Å². The van der Waals surface area contributed by atoms with Gasteiger partial charge >= 0.3 is 0 Å². The van der Waals surface area contributed by atoms with Gasteiger partial charge in [-0.25, -0.2) is 0 Å². The van der Waals surface area contributed by atoms with E-state index in [0.29, 0.717) is 13.2 Å². The number of hydrogen-bond donors (Lipinski definition) is 3. The van der Waals surface area contributed by atoms with Crippen LogP contribution in [0.15, 0.2) is 0 Å². The lowest BCUT2D eigenvalue weighted by atomic mass is 10.1. The van der Waals surface area contributed by atoms with Crippen LogP contribution in [-0.2, 0) is 14.3 Å². The Labute approximate surface area is 121 Å². The molecule has 0 radical (unpaired) electrons. The zero-order chi connectivity index (χ0) is 15.0. The molecule has 1 heterocycles. The molecule has 1 aliphatic heterocycles. The maximum atomic E-state index is 11.5. The molecule has 1 fully saturated rings. The predicted molar refractivity (Wildman–Crippen MR) is 76.6 cm³/mol. The summed E-state index contributed by atoms with van der Waals surface area (Å²) in [6, 6.07) is 0. The molecule has 118 valence electrons. The summed E-state index contributed by atoms with van der Waals surface area (Å²) in [5, 5.41) is 15.5. The normalized spacial score (nSPS) is 20.9. The molecule has 2 atom stereocenters. The Morgan fingerprint density at radius 2 is 2.25 bits per heavy atom. The van der Waals surface area contributed by atoms with E-state index in [4.69, 9.17) is 9.47 Å². The van der Waals surface area contributed by atoms with Crippen LogP contribution in [0.1, 0.15) is 33.6 Å². The van der Waals surface area contributed by atoms with Crippen LogP contribution in [0.4, 0.5) is 0 Å². The Hall–Kier alpha value is -0.690. The summed E-state index contributed by atoms with van der Waals surface area (Å²) in [7, 11) is 0. The fraction of sp³-hybridized carbons (Fsp3) is 0.929. The molecule has 0 aromatic heterocycles. The lowest BCUT2D eigenvalue weighted by molar-refractivity contribution is -0.121. The van der Waals surface area contributed by atoms with Crippen LogP contribution >= 0.6 is 0 Å². The van der Waals surface area contributed by atoms with Crippen LogP contribution in [0.2, 0.25) is 0 Å². The zero-order valence-electron chi connectivity index (χ0n) is 12.8. The number of carbonyl (C=O) groups excluding carboxylic acids is 1. The molecular weight excluding hydrogens is 260 g/mol. The van der Waals surface area contributed by atoms with E-state index in [1.807, 2.05) is 20.8 Å². The Morgan fingerprint density at radius 3 is 2.85 bits per heavy atom. The zero-order valence-corrected chi connectivity index (χ0v) is 12.8. The first kappa shape index (κ1) is 17.4. The van der Waals surface area contributed by atoms with E-state index in [2.05, 4.69) is 10.6 Å². The number of ether oxygens (including phenoxy) is 2. The summed E-state index contributed by atoms with van der Waals surface area (Å²) in [5.41, 5.74) is -0.234. The van der Waals surface area contributed by atoms with Crippen molar-refractivity contribution in [3.63, 3.8) is 0 Å². The third-order valence-corrected chi connectivity index (χ3v) is 2.82. The molecular formula is C14H28N2O4. The van der Waals surface area contributed by atoms with Crippen molar-refractivity contribution in [1.29, 1.82) is 0 Å². The first-order chi connectivity index (χ1) is 9.37. The lowest BCUT2D eigenvalue weighted by Crippen LogP contribution is -2.46. The Bertz CT molecular complexity index is 285.